The molecule has 0 atom stereocenters. The summed E-state index contributed by atoms with van der Waals surface area (Å²) in [4.78, 5) is 9.72. The Morgan fingerprint density at radius 3 is 2.86 bits per heavy atom. The summed E-state index contributed by atoms with van der Waals surface area (Å²) in [6.07, 6.45) is 3.99. The lowest BCUT2D eigenvalue weighted by molar-refractivity contribution is 0.715. The molecule has 0 aliphatic heterocycles. The molecule has 3 rings (SSSR count). The van der Waals surface area contributed by atoms with E-state index < -0.39 is 0 Å². The molecule has 0 bridgehead atoms. The van der Waals surface area contributed by atoms with Gasteiger partial charge in [-0.15, -0.1) is 22.7 Å². The highest BCUT2D eigenvalue weighted by Gasteiger charge is 2.42. The Balaban J connectivity index is 1.98. The molecule has 0 saturated heterocycles. The average Bonchev–Trinajstić information content (AvgIpc) is 2.73. The summed E-state index contributed by atoms with van der Waals surface area (Å²) in [5.74, 6) is 0. The molecule has 1 saturated carbocycles. The van der Waals surface area contributed by atoms with Crippen molar-refractivity contribution in [3.8, 4) is 9.88 Å². The predicted octanol–water partition coefficient (Wildman–Crippen LogP) is 2.21. The van der Waals surface area contributed by atoms with Crippen LogP contribution in [-0.4, -0.2) is 9.97 Å². The van der Waals surface area contributed by atoms with E-state index in [-0.39, 0.29) is 5.54 Å². The highest BCUT2D eigenvalue weighted by Crippen LogP contribution is 2.43. The lowest BCUT2D eigenvalue weighted by atomic mass is 10.2. The molecule has 2 heterocycles. The Kier molecular flexibility index (Phi) is 1.74. The van der Waals surface area contributed by atoms with Crippen LogP contribution >= 0.6 is 22.7 Å². The molecular weight excluding hydrogens is 214 g/mol. The van der Waals surface area contributed by atoms with Crippen molar-refractivity contribution in [3.63, 3.8) is 0 Å². The zero-order valence-corrected chi connectivity index (χ0v) is 9.07. The van der Waals surface area contributed by atoms with Crippen LogP contribution in [0.2, 0.25) is 0 Å². The Morgan fingerprint density at radius 1 is 1.36 bits per heavy atom. The van der Waals surface area contributed by atoms with Crippen molar-refractivity contribution in [2.45, 2.75) is 18.4 Å². The fourth-order valence-corrected chi connectivity index (χ4v) is 2.95. The molecule has 0 spiro atoms. The molecular formula is C9H9N3S2. The van der Waals surface area contributed by atoms with E-state index in [0.29, 0.717) is 0 Å². The van der Waals surface area contributed by atoms with E-state index in [9.17, 15) is 0 Å². The summed E-state index contributed by atoms with van der Waals surface area (Å²) in [5.41, 5.74) is 8.83. The third kappa shape index (κ3) is 1.28. The molecule has 3 nitrogen and oxygen atoms in total. The Hall–Kier alpha value is -0.780. The first-order valence-electron chi connectivity index (χ1n) is 4.42. The second-order valence-electron chi connectivity index (χ2n) is 3.56. The SMILES string of the molecule is NC1(c2csc(-c3cncs3)n2)CC1. The minimum Gasteiger partial charge on any atom is -0.320 e. The summed E-state index contributed by atoms with van der Waals surface area (Å²) in [5, 5.41) is 3.11. The van der Waals surface area contributed by atoms with Crippen LogP contribution in [0, 0.1) is 0 Å². The summed E-state index contributed by atoms with van der Waals surface area (Å²) >= 11 is 3.27. The van der Waals surface area contributed by atoms with Gasteiger partial charge >= 0.3 is 0 Å². The first-order chi connectivity index (χ1) is 6.78. The van der Waals surface area contributed by atoms with Gasteiger partial charge in [-0.1, -0.05) is 0 Å². The molecule has 2 aromatic rings. The number of rotatable bonds is 2. The number of thiazole rings is 2. The maximum absolute atomic E-state index is 6.07. The van der Waals surface area contributed by atoms with Crippen LogP contribution in [0.1, 0.15) is 18.5 Å². The van der Waals surface area contributed by atoms with Gasteiger partial charge in [0.2, 0.25) is 0 Å². The summed E-state index contributed by atoms with van der Waals surface area (Å²) in [6.45, 7) is 0. The van der Waals surface area contributed by atoms with Crippen molar-refractivity contribution in [2.75, 3.05) is 0 Å². The van der Waals surface area contributed by atoms with Gasteiger partial charge in [0.05, 0.1) is 21.6 Å². The van der Waals surface area contributed by atoms with Crippen molar-refractivity contribution in [1.29, 1.82) is 0 Å². The normalized spacial score (nSPS) is 18.4. The largest absolute Gasteiger partial charge is 0.320 e. The van der Waals surface area contributed by atoms with Crippen molar-refractivity contribution >= 4 is 22.7 Å². The van der Waals surface area contributed by atoms with E-state index in [1.54, 1.807) is 22.7 Å². The van der Waals surface area contributed by atoms with Gasteiger partial charge in [-0.05, 0) is 12.8 Å². The number of hydrogen-bond acceptors (Lipinski definition) is 5. The van der Waals surface area contributed by atoms with Crippen LogP contribution in [0.4, 0.5) is 0 Å². The van der Waals surface area contributed by atoms with E-state index in [4.69, 9.17) is 5.73 Å². The predicted molar refractivity (Wildman–Crippen MR) is 58.3 cm³/mol. The van der Waals surface area contributed by atoms with Crippen LogP contribution in [0.3, 0.4) is 0 Å². The van der Waals surface area contributed by atoms with E-state index in [2.05, 4.69) is 15.3 Å². The molecule has 0 aromatic carbocycles. The van der Waals surface area contributed by atoms with Crippen LogP contribution in [0.15, 0.2) is 17.1 Å². The highest BCUT2D eigenvalue weighted by atomic mass is 32.1. The molecule has 1 fully saturated rings. The molecule has 5 heteroatoms. The molecule has 2 N–H and O–H groups in total. The van der Waals surface area contributed by atoms with E-state index in [1.807, 2.05) is 11.7 Å². The van der Waals surface area contributed by atoms with Gasteiger partial charge in [-0.2, -0.15) is 0 Å². The van der Waals surface area contributed by atoms with E-state index >= 15 is 0 Å². The zero-order chi connectivity index (χ0) is 9.60. The molecule has 14 heavy (non-hydrogen) atoms. The Morgan fingerprint density at radius 2 is 2.21 bits per heavy atom. The minimum absolute atomic E-state index is 0.112. The quantitative estimate of drug-likeness (QED) is 0.849. The maximum atomic E-state index is 6.07. The fraction of sp³-hybridized carbons (Fsp3) is 0.333. The van der Waals surface area contributed by atoms with Gasteiger partial charge in [-0.25, -0.2) is 4.98 Å². The van der Waals surface area contributed by atoms with Crippen LogP contribution in [0.5, 0.6) is 0 Å². The lowest BCUT2D eigenvalue weighted by Gasteiger charge is -2.01. The summed E-state index contributed by atoms with van der Waals surface area (Å²) in [7, 11) is 0. The molecule has 72 valence electrons. The van der Waals surface area contributed by atoms with Crippen molar-refractivity contribution in [3.05, 3.63) is 22.8 Å². The molecule has 0 unspecified atom stereocenters. The standard InChI is InChI=1S/C9H9N3S2/c10-9(1-2-9)7-4-13-8(12-7)6-3-11-5-14-6/h3-5H,1-2,10H2. The van der Waals surface area contributed by atoms with Gasteiger partial charge in [0.1, 0.15) is 5.01 Å². The minimum atomic E-state index is -0.112. The number of nitrogens with zero attached hydrogens (tertiary/aromatic N) is 2. The first-order valence-corrected chi connectivity index (χ1v) is 6.18. The monoisotopic (exact) mass is 223 g/mol. The first kappa shape index (κ1) is 8.52. The van der Waals surface area contributed by atoms with Crippen molar-refractivity contribution < 1.29 is 0 Å². The van der Waals surface area contributed by atoms with Crippen molar-refractivity contribution in [1.82, 2.24) is 9.97 Å². The topological polar surface area (TPSA) is 51.8 Å². The van der Waals surface area contributed by atoms with Crippen LogP contribution in [0.25, 0.3) is 9.88 Å². The number of aromatic nitrogens is 2. The highest BCUT2D eigenvalue weighted by molar-refractivity contribution is 7.19. The number of hydrogen-bond donors (Lipinski definition) is 1. The van der Waals surface area contributed by atoms with Gasteiger partial charge in [0, 0.05) is 11.6 Å². The van der Waals surface area contributed by atoms with Crippen LogP contribution in [-0.2, 0) is 5.54 Å². The zero-order valence-electron chi connectivity index (χ0n) is 7.43. The molecule has 0 radical (unpaired) electrons. The average molecular weight is 223 g/mol. The summed E-state index contributed by atoms with van der Waals surface area (Å²) in [6, 6.07) is 0. The van der Waals surface area contributed by atoms with Gasteiger partial charge in [0.25, 0.3) is 0 Å². The van der Waals surface area contributed by atoms with Crippen molar-refractivity contribution in [2.24, 2.45) is 5.73 Å². The molecule has 2 aromatic heterocycles. The third-order valence-electron chi connectivity index (χ3n) is 2.45. The fourth-order valence-electron chi connectivity index (χ4n) is 1.33. The molecule has 0 amide bonds. The second-order valence-corrected chi connectivity index (χ2v) is 5.30. The van der Waals surface area contributed by atoms with E-state index in [1.165, 1.54) is 0 Å². The number of nitrogens with two attached hydrogens (primary N) is 1. The van der Waals surface area contributed by atoms with Gasteiger partial charge in [-0.3, -0.25) is 4.98 Å². The van der Waals surface area contributed by atoms with Gasteiger partial charge in [0.15, 0.2) is 0 Å². The Bertz CT molecular complexity index is 442. The molecule has 1 aliphatic rings. The second kappa shape index (κ2) is 2.85. The lowest BCUT2D eigenvalue weighted by Crippen LogP contribution is -2.18. The van der Waals surface area contributed by atoms with E-state index in [0.717, 1.165) is 28.4 Å². The third-order valence-corrected chi connectivity index (χ3v) is 4.23. The maximum Gasteiger partial charge on any atom is 0.135 e. The smallest absolute Gasteiger partial charge is 0.135 e. The summed E-state index contributed by atoms with van der Waals surface area (Å²) < 4.78 is 0. The van der Waals surface area contributed by atoms with Crippen LogP contribution < -0.4 is 5.73 Å². The molecule has 1 aliphatic carbocycles. The Labute approximate surface area is 89.6 Å². The van der Waals surface area contributed by atoms with Gasteiger partial charge < -0.3 is 5.73 Å².